The minimum Gasteiger partial charge on any atom is -0.337 e. The Kier molecular flexibility index (Phi) is 3.87. The lowest BCUT2D eigenvalue weighted by molar-refractivity contribution is 0.150. The van der Waals surface area contributed by atoms with Gasteiger partial charge in [0.05, 0.1) is 6.04 Å². The van der Waals surface area contributed by atoms with Crippen LogP contribution in [-0.2, 0) is 13.0 Å². The summed E-state index contributed by atoms with van der Waals surface area (Å²) in [7, 11) is 2.14. The van der Waals surface area contributed by atoms with E-state index in [0.29, 0.717) is 5.82 Å². The van der Waals surface area contributed by atoms with Gasteiger partial charge in [-0.05, 0) is 57.5 Å². The largest absolute Gasteiger partial charge is 0.337 e. The third-order valence-electron chi connectivity index (χ3n) is 5.05. The van der Waals surface area contributed by atoms with Gasteiger partial charge in [-0.1, -0.05) is 11.6 Å². The van der Waals surface area contributed by atoms with Gasteiger partial charge in [-0.15, -0.1) is 0 Å². The van der Waals surface area contributed by atoms with Crippen molar-refractivity contribution in [1.29, 1.82) is 0 Å². The molecule has 1 fully saturated rings. The zero-order valence-electron chi connectivity index (χ0n) is 13.8. The van der Waals surface area contributed by atoms with Crippen molar-refractivity contribution in [3.05, 3.63) is 28.9 Å². The van der Waals surface area contributed by atoms with Crippen molar-refractivity contribution in [2.75, 3.05) is 20.1 Å². The van der Waals surface area contributed by atoms with Gasteiger partial charge >= 0.3 is 0 Å². The Morgan fingerprint density at radius 2 is 2.26 bits per heavy atom. The number of hydrogen-bond acceptors (Lipinski definition) is 6. The summed E-state index contributed by atoms with van der Waals surface area (Å²) in [6.07, 6.45) is 6.51. The Balaban J connectivity index is 1.72. The smallest absolute Gasteiger partial charge is 0.244 e. The molecule has 0 unspecified atom stereocenters. The zero-order valence-corrected chi connectivity index (χ0v) is 13.8. The summed E-state index contributed by atoms with van der Waals surface area (Å²) in [4.78, 5) is 11.6. The molecule has 0 amide bonds. The van der Waals surface area contributed by atoms with Crippen molar-refractivity contribution < 1.29 is 4.52 Å². The first-order valence-electron chi connectivity index (χ1n) is 8.46. The van der Waals surface area contributed by atoms with Crippen molar-refractivity contribution in [2.24, 2.45) is 0 Å². The van der Waals surface area contributed by atoms with Crippen LogP contribution in [-0.4, -0.2) is 40.2 Å². The lowest BCUT2D eigenvalue weighted by Gasteiger charge is -2.29. The second kappa shape index (κ2) is 6.02. The molecule has 2 aromatic heterocycles. The van der Waals surface area contributed by atoms with E-state index in [0.717, 1.165) is 49.6 Å². The van der Waals surface area contributed by atoms with Crippen LogP contribution in [0.5, 0.6) is 0 Å². The van der Waals surface area contributed by atoms with Crippen LogP contribution in [0.4, 0.5) is 0 Å². The second-order valence-corrected chi connectivity index (χ2v) is 6.60. The van der Waals surface area contributed by atoms with Crippen LogP contribution in [0.2, 0.25) is 0 Å². The van der Waals surface area contributed by atoms with E-state index in [9.17, 15) is 0 Å². The molecule has 4 heterocycles. The molecule has 0 aromatic carbocycles. The summed E-state index contributed by atoms with van der Waals surface area (Å²) in [5.41, 5.74) is 4.62. The van der Waals surface area contributed by atoms with Crippen LogP contribution < -0.4 is 5.32 Å². The van der Waals surface area contributed by atoms with E-state index in [1.807, 2.05) is 13.1 Å². The molecular formula is C17H23N5O. The van der Waals surface area contributed by atoms with Crippen molar-refractivity contribution in [3.63, 3.8) is 0 Å². The summed E-state index contributed by atoms with van der Waals surface area (Å²) in [6.45, 7) is 4.97. The molecule has 122 valence electrons. The molecule has 1 saturated heterocycles. The summed E-state index contributed by atoms with van der Waals surface area (Å²) >= 11 is 0. The molecule has 1 atom stereocenters. The molecule has 1 N–H and O–H groups in total. The Hall–Kier alpha value is -1.79. The maximum Gasteiger partial charge on any atom is 0.244 e. The number of piperidine rings is 1. The van der Waals surface area contributed by atoms with Crippen LogP contribution in [0.1, 0.15) is 48.0 Å². The Labute approximate surface area is 136 Å². The quantitative estimate of drug-likeness (QED) is 0.917. The van der Waals surface area contributed by atoms with Crippen LogP contribution in [0.25, 0.3) is 11.4 Å². The van der Waals surface area contributed by atoms with Crippen molar-refractivity contribution in [2.45, 2.75) is 45.2 Å². The molecule has 2 aromatic rings. The number of hydrogen-bond donors (Lipinski definition) is 1. The molecule has 0 aliphatic carbocycles. The van der Waals surface area contributed by atoms with E-state index in [-0.39, 0.29) is 6.04 Å². The van der Waals surface area contributed by atoms with E-state index in [1.54, 1.807) is 0 Å². The Morgan fingerprint density at radius 1 is 1.35 bits per heavy atom. The molecule has 0 saturated carbocycles. The maximum atomic E-state index is 5.63. The van der Waals surface area contributed by atoms with Gasteiger partial charge in [-0.3, -0.25) is 9.88 Å². The zero-order chi connectivity index (χ0) is 15.8. The first-order valence-corrected chi connectivity index (χ1v) is 8.46. The first kappa shape index (κ1) is 14.8. The average molecular weight is 313 g/mol. The van der Waals surface area contributed by atoms with Gasteiger partial charge in [-0.25, -0.2) is 0 Å². The SMILES string of the molecule is Cc1ncc2c(c1-c1noc([C@@H]3CCCCN3C)n1)CCNC2. The molecule has 0 bridgehead atoms. The lowest BCUT2D eigenvalue weighted by atomic mass is 9.95. The monoisotopic (exact) mass is 313 g/mol. The molecule has 6 heteroatoms. The average Bonchev–Trinajstić information content (AvgIpc) is 3.04. The number of nitrogens with one attached hydrogen (secondary N) is 1. The summed E-state index contributed by atoms with van der Waals surface area (Å²) in [6, 6.07) is 0.250. The maximum absolute atomic E-state index is 5.63. The minimum absolute atomic E-state index is 0.250. The van der Waals surface area contributed by atoms with Gasteiger partial charge in [0.15, 0.2) is 0 Å². The lowest BCUT2D eigenvalue weighted by Crippen LogP contribution is -2.29. The molecule has 0 radical (unpaired) electrons. The Bertz CT molecular complexity index is 711. The normalized spacial score (nSPS) is 22.1. The molecule has 4 rings (SSSR count). The van der Waals surface area contributed by atoms with Crippen molar-refractivity contribution in [1.82, 2.24) is 25.3 Å². The molecule has 2 aliphatic rings. The number of nitrogens with zero attached hydrogens (tertiary/aromatic N) is 4. The van der Waals surface area contributed by atoms with E-state index in [4.69, 9.17) is 9.51 Å². The van der Waals surface area contributed by atoms with Crippen molar-refractivity contribution >= 4 is 0 Å². The number of likely N-dealkylation sites (tertiary alicyclic amines) is 1. The highest BCUT2D eigenvalue weighted by molar-refractivity contribution is 5.64. The minimum atomic E-state index is 0.250. The number of aryl methyl sites for hydroxylation is 1. The summed E-state index contributed by atoms with van der Waals surface area (Å²) in [5.74, 6) is 1.44. The van der Waals surface area contributed by atoms with Gasteiger partial charge in [-0.2, -0.15) is 4.98 Å². The third kappa shape index (κ3) is 2.66. The fourth-order valence-corrected chi connectivity index (χ4v) is 3.73. The number of aromatic nitrogens is 3. The highest BCUT2D eigenvalue weighted by atomic mass is 16.5. The van der Waals surface area contributed by atoms with Gasteiger partial charge in [0.2, 0.25) is 11.7 Å². The molecular weight excluding hydrogens is 290 g/mol. The standard InChI is InChI=1S/C17H23N5O/c1-11-15(13-6-7-18-9-12(13)10-19-11)16-20-17(23-21-16)14-5-3-4-8-22(14)2/h10,14,18H,3-9H2,1-2H3/t14-/m0/s1. The predicted octanol–water partition coefficient (Wildman–Crippen LogP) is 2.24. The van der Waals surface area contributed by atoms with E-state index < -0.39 is 0 Å². The molecule has 2 aliphatic heterocycles. The number of pyridine rings is 1. The van der Waals surface area contributed by atoms with Gasteiger partial charge in [0, 0.05) is 24.0 Å². The predicted molar refractivity (Wildman–Crippen MR) is 86.9 cm³/mol. The first-order chi connectivity index (χ1) is 11.2. The van der Waals surface area contributed by atoms with E-state index in [2.05, 4.69) is 27.4 Å². The highest BCUT2D eigenvalue weighted by Gasteiger charge is 2.27. The molecule has 23 heavy (non-hydrogen) atoms. The van der Waals surface area contributed by atoms with Gasteiger partial charge < -0.3 is 9.84 Å². The fraction of sp³-hybridized carbons (Fsp3) is 0.588. The van der Waals surface area contributed by atoms with Crippen molar-refractivity contribution in [3.8, 4) is 11.4 Å². The van der Waals surface area contributed by atoms with Crippen LogP contribution in [0.15, 0.2) is 10.7 Å². The number of fused-ring (bicyclic) bond motifs is 1. The molecule has 0 spiro atoms. The van der Waals surface area contributed by atoms with Crippen LogP contribution in [0, 0.1) is 6.92 Å². The third-order valence-corrected chi connectivity index (χ3v) is 5.05. The fourth-order valence-electron chi connectivity index (χ4n) is 3.73. The van der Waals surface area contributed by atoms with Crippen LogP contribution >= 0.6 is 0 Å². The van der Waals surface area contributed by atoms with E-state index >= 15 is 0 Å². The van der Waals surface area contributed by atoms with Crippen LogP contribution in [0.3, 0.4) is 0 Å². The Morgan fingerprint density at radius 3 is 3.13 bits per heavy atom. The second-order valence-electron chi connectivity index (χ2n) is 6.60. The highest BCUT2D eigenvalue weighted by Crippen LogP contribution is 2.32. The number of rotatable bonds is 2. The van der Waals surface area contributed by atoms with E-state index in [1.165, 1.54) is 24.0 Å². The summed E-state index contributed by atoms with van der Waals surface area (Å²) < 4.78 is 5.63. The van der Waals surface area contributed by atoms with Gasteiger partial charge in [0.25, 0.3) is 0 Å². The molecule has 6 nitrogen and oxygen atoms in total. The summed E-state index contributed by atoms with van der Waals surface area (Å²) in [5, 5.41) is 7.68. The van der Waals surface area contributed by atoms with Gasteiger partial charge in [0.1, 0.15) is 0 Å². The topological polar surface area (TPSA) is 67.1 Å².